The highest BCUT2D eigenvalue weighted by atomic mass is 16.1. The second-order valence-corrected chi connectivity index (χ2v) is 4.78. The number of hydrogen-bond acceptors (Lipinski definition) is 3. The van der Waals surface area contributed by atoms with E-state index >= 15 is 0 Å². The van der Waals surface area contributed by atoms with E-state index in [9.17, 15) is 4.79 Å². The first-order chi connectivity index (χ1) is 12.0. The number of rotatable bonds is 5. The smallest absolute Gasteiger partial charge is 0.155 e. The number of ketones is 1. The van der Waals surface area contributed by atoms with Gasteiger partial charge in [0.05, 0.1) is 0 Å². The quantitative estimate of drug-likeness (QED) is 0.489. The van der Waals surface area contributed by atoms with Crippen LogP contribution in [0.4, 0.5) is 5.69 Å². The van der Waals surface area contributed by atoms with E-state index in [-0.39, 0.29) is 5.78 Å². The molecule has 0 aliphatic carbocycles. The number of carbonyl (C=O) groups excluding carboxylic acids is 2. The van der Waals surface area contributed by atoms with Crippen LogP contribution in [0.2, 0.25) is 0 Å². The summed E-state index contributed by atoms with van der Waals surface area (Å²) >= 11 is 0. The van der Waals surface area contributed by atoms with Crippen LogP contribution in [0.5, 0.6) is 0 Å². The molecule has 1 aromatic rings. The molecule has 0 saturated heterocycles. The standard InChI is InChI=1S/C11H15N.C7H12O.C2H4O.C2H6/c1-4-10(3)12-11-8-6-5-7-9(11)2;1-3-5-6-7(8)4-2;1-2-3;1-2/h4-8,12H,1-3H3;5-6H,3-4H2,1-2H3;2H,1H3;1-2H3/b10-4-;6-5-;;. The van der Waals surface area contributed by atoms with E-state index in [1.807, 2.05) is 52.8 Å². The topological polar surface area (TPSA) is 46.2 Å². The van der Waals surface area contributed by atoms with E-state index in [0.717, 1.165) is 12.7 Å². The molecule has 25 heavy (non-hydrogen) atoms. The van der Waals surface area contributed by atoms with Gasteiger partial charge in [0, 0.05) is 17.8 Å². The fourth-order valence-electron chi connectivity index (χ4n) is 1.36. The molecule has 0 unspecified atom stereocenters. The molecule has 0 fully saturated rings. The Bertz CT molecular complexity index is 503. The lowest BCUT2D eigenvalue weighted by Crippen LogP contribution is -1.96. The van der Waals surface area contributed by atoms with Crippen LogP contribution in [0.25, 0.3) is 0 Å². The number of allylic oxidation sites excluding steroid dienone is 4. The Morgan fingerprint density at radius 2 is 1.64 bits per heavy atom. The van der Waals surface area contributed by atoms with E-state index in [0.29, 0.717) is 6.42 Å². The third-order valence-electron chi connectivity index (χ3n) is 2.80. The molecule has 3 nitrogen and oxygen atoms in total. The summed E-state index contributed by atoms with van der Waals surface area (Å²) in [4.78, 5) is 19.3. The van der Waals surface area contributed by atoms with Gasteiger partial charge in [0.25, 0.3) is 0 Å². The monoisotopic (exact) mass is 347 g/mol. The number of aryl methyl sites for hydroxylation is 1. The van der Waals surface area contributed by atoms with Crippen molar-refractivity contribution in [3.05, 3.63) is 53.8 Å². The van der Waals surface area contributed by atoms with E-state index in [1.165, 1.54) is 23.9 Å². The lowest BCUT2D eigenvalue weighted by atomic mass is 10.2. The molecule has 0 heterocycles. The molecule has 1 aromatic carbocycles. The average molecular weight is 348 g/mol. The largest absolute Gasteiger partial charge is 0.359 e. The molecule has 3 heteroatoms. The summed E-state index contributed by atoms with van der Waals surface area (Å²) in [6.45, 7) is 15.5. The van der Waals surface area contributed by atoms with Gasteiger partial charge in [-0.15, -0.1) is 0 Å². The van der Waals surface area contributed by atoms with Crippen molar-refractivity contribution < 1.29 is 9.59 Å². The maximum absolute atomic E-state index is 10.5. The molecular weight excluding hydrogens is 310 g/mol. The van der Waals surface area contributed by atoms with Crippen molar-refractivity contribution in [1.29, 1.82) is 0 Å². The molecule has 0 aliphatic heterocycles. The predicted molar refractivity (Wildman–Crippen MR) is 112 cm³/mol. The van der Waals surface area contributed by atoms with Gasteiger partial charge in [0.2, 0.25) is 0 Å². The van der Waals surface area contributed by atoms with Gasteiger partial charge in [-0.3, -0.25) is 4.79 Å². The Morgan fingerprint density at radius 1 is 1.12 bits per heavy atom. The van der Waals surface area contributed by atoms with E-state index in [2.05, 4.69) is 37.4 Å². The number of hydrogen-bond donors (Lipinski definition) is 1. The van der Waals surface area contributed by atoms with Gasteiger partial charge < -0.3 is 10.1 Å². The lowest BCUT2D eigenvalue weighted by Gasteiger charge is -2.08. The number of benzene rings is 1. The minimum Gasteiger partial charge on any atom is -0.359 e. The Kier molecular flexibility index (Phi) is 24.2. The van der Waals surface area contributed by atoms with Crippen molar-refractivity contribution in [2.45, 2.75) is 68.2 Å². The minimum atomic E-state index is 0.215. The lowest BCUT2D eigenvalue weighted by molar-refractivity contribution is -0.114. The second kappa shape index (κ2) is 21.8. The molecule has 0 amide bonds. The minimum absolute atomic E-state index is 0.215. The van der Waals surface area contributed by atoms with Crippen LogP contribution in [-0.4, -0.2) is 12.1 Å². The molecule has 0 aliphatic rings. The zero-order chi connectivity index (χ0) is 20.1. The van der Waals surface area contributed by atoms with Crippen LogP contribution in [0.1, 0.15) is 66.9 Å². The highest BCUT2D eigenvalue weighted by Crippen LogP contribution is 2.14. The Balaban J connectivity index is -0.000000323. The molecule has 0 radical (unpaired) electrons. The maximum Gasteiger partial charge on any atom is 0.155 e. The van der Waals surface area contributed by atoms with Gasteiger partial charge in [0.1, 0.15) is 6.29 Å². The number of anilines is 1. The third-order valence-corrected chi connectivity index (χ3v) is 2.80. The summed E-state index contributed by atoms with van der Waals surface area (Å²) in [5.41, 5.74) is 3.65. The van der Waals surface area contributed by atoms with Crippen molar-refractivity contribution in [2.24, 2.45) is 0 Å². The van der Waals surface area contributed by atoms with E-state index in [1.54, 1.807) is 6.08 Å². The van der Waals surface area contributed by atoms with Gasteiger partial charge in [-0.2, -0.15) is 0 Å². The molecule has 1 N–H and O–H groups in total. The first-order valence-electron chi connectivity index (χ1n) is 9.01. The summed E-state index contributed by atoms with van der Waals surface area (Å²) in [5.74, 6) is 0.215. The number of carbonyl (C=O) groups is 2. The molecule has 0 bridgehead atoms. The van der Waals surface area contributed by atoms with E-state index in [4.69, 9.17) is 4.79 Å². The first-order valence-corrected chi connectivity index (χ1v) is 9.01. The van der Waals surface area contributed by atoms with Crippen molar-refractivity contribution in [2.75, 3.05) is 5.32 Å². The van der Waals surface area contributed by atoms with E-state index < -0.39 is 0 Å². The Hall–Kier alpha value is -2.16. The number of nitrogens with one attached hydrogen (secondary N) is 1. The van der Waals surface area contributed by atoms with Gasteiger partial charge in [-0.25, -0.2) is 0 Å². The molecule has 0 saturated carbocycles. The second-order valence-electron chi connectivity index (χ2n) is 4.78. The van der Waals surface area contributed by atoms with Crippen molar-refractivity contribution in [3.63, 3.8) is 0 Å². The fraction of sp³-hybridized carbons (Fsp3) is 0.455. The number of aldehydes is 1. The van der Waals surface area contributed by atoms with Crippen molar-refractivity contribution in [1.82, 2.24) is 0 Å². The Labute approximate surface area is 155 Å². The molecule has 1 rings (SSSR count). The highest BCUT2D eigenvalue weighted by Gasteiger charge is 1.94. The summed E-state index contributed by atoms with van der Waals surface area (Å²) in [7, 11) is 0. The molecule has 142 valence electrons. The fourth-order valence-corrected chi connectivity index (χ4v) is 1.36. The van der Waals surface area contributed by atoms with Crippen LogP contribution >= 0.6 is 0 Å². The SMILES string of the molecule is C/C=C(/C)Nc1ccccc1C.CC.CC/C=C\C(=O)CC.CC=O. The van der Waals surface area contributed by atoms with Crippen LogP contribution in [-0.2, 0) is 9.59 Å². The number of para-hydroxylation sites is 1. The molecule has 0 aromatic heterocycles. The zero-order valence-corrected chi connectivity index (χ0v) is 17.3. The molecule has 0 spiro atoms. The van der Waals surface area contributed by atoms with Crippen LogP contribution in [0, 0.1) is 6.92 Å². The summed E-state index contributed by atoms with van der Waals surface area (Å²) in [5, 5.41) is 3.32. The van der Waals surface area contributed by atoms with Crippen LogP contribution < -0.4 is 5.32 Å². The predicted octanol–water partition coefficient (Wildman–Crippen LogP) is 6.49. The third kappa shape index (κ3) is 19.8. The highest BCUT2D eigenvalue weighted by molar-refractivity contribution is 5.89. The summed E-state index contributed by atoms with van der Waals surface area (Å²) in [6, 6.07) is 8.28. The van der Waals surface area contributed by atoms with Gasteiger partial charge in [-0.1, -0.05) is 58.0 Å². The summed E-state index contributed by atoms with van der Waals surface area (Å²) < 4.78 is 0. The van der Waals surface area contributed by atoms with Gasteiger partial charge in [-0.05, 0) is 51.8 Å². The van der Waals surface area contributed by atoms with Gasteiger partial charge in [0.15, 0.2) is 5.78 Å². The normalized spacial score (nSPS) is 9.52. The van der Waals surface area contributed by atoms with Crippen molar-refractivity contribution >= 4 is 17.8 Å². The molecule has 0 atom stereocenters. The van der Waals surface area contributed by atoms with Crippen molar-refractivity contribution in [3.8, 4) is 0 Å². The van der Waals surface area contributed by atoms with Crippen LogP contribution in [0.15, 0.2) is 48.2 Å². The van der Waals surface area contributed by atoms with Crippen LogP contribution in [0.3, 0.4) is 0 Å². The van der Waals surface area contributed by atoms with Gasteiger partial charge >= 0.3 is 0 Å². The maximum atomic E-state index is 10.5. The zero-order valence-electron chi connectivity index (χ0n) is 17.3. The average Bonchev–Trinajstić information content (AvgIpc) is 2.64. The Morgan fingerprint density at radius 3 is 2.04 bits per heavy atom. The molecular formula is C22H37NO2. The first kappa shape index (κ1) is 27.7. The summed E-state index contributed by atoms with van der Waals surface area (Å²) in [6.07, 6.45) is 7.90.